The highest BCUT2D eigenvalue weighted by atomic mass is 35.5. The van der Waals surface area contributed by atoms with Gasteiger partial charge in [-0.3, -0.25) is 10.6 Å². The lowest BCUT2D eigenvalue weighted by molar-refractivity contribution is 0.256. The molecule has 0 radical (unpaired) electrons. The van der Waals surface area contributed by atoms with Crippen LogP contribution in [0.4, 0.5) is 16.4 Å². The number of nitrogens with zero attached hydrogens (tertiary/aromatic N) is 3. The molecule has 0 aliphatic heterocycles. The summed E-state index contributed by atoms with van der Waals surface area (Å²) in [6.45, 7) is 3.80. The van der Waals surface area contributed by atoms with Crippen molar-refractivity contribution in [1.29, 1.82) is 0 Å². The Bertz CT molecular complexity index is 843. The Kier molecular flexibility index (Phi) is 6.81. The van der Waals surface area contributed by atoms with Crippen LogP contribution in [0.25, 0.3) is 0 Å². The first-order chi connectivity index (χ1) is 13.5. The number of aryl methyl sites for hydroxylation is 2. The van der Waals surface area contributed by atoms with Crippen molar-refractivity contribution in [3.8, 4) is 0 Å². The summed E-state index contributed by atoms with van der Waals surface area (Å²) < 4.78 is 0. The second kappa shape index (κ2) is 9.50. The van der Waals surface area contributed by atoms with Crippen LogP contribution < -0.4 is 16.0 Å². The number of anilines is 2. The van der Waals surface area contributed by atoms with Gasteiger partial charge in [0.15, 0.2) is 0 Å². The lowest BCUT2D eigenvalue weighted by Crippen LogP contribution is -2.40. The monoisotopic (exact) mass is 400 g/mol. The Morgan fingerprint density at radius 1 is 1.07 bits per heavy atom. The van der Waals surface area contributed by atoms with E-state index in [2.05, 4.69) is 25.9 Å². The summed E-state index contributed by atoms with van der Waals surface area (Å²) in [5, 5.41) is 9.17. The van der Waals surface area contributed by atoms with E-state index in [4.69, 9.17) is 16.6 Å². The van der Waals surface area contributed by atoms with Crippen LogP contribution in [0.1, 0.15) is 43.5 Å². The van der Waals surface area contributed by atoms with Crippen molar-refractivity contribution in [2.45, 2.75) is 52.0 Å². The zero-order valence-corrected chi connectivity index (χ0v) is 16.9. The second-order valence-corrected chi connectivity index (χ2v) is 7.39. The van der Waals surface area contributed by atoms with Gasteiger partial charge >= 0.3 is 6.03 Å². The zero-order chi connectivity index (χ0) is 19.9. The molecule has 1 saturated carbocycles. The number of carbonyl (C=O) groups is 1. The summed E-state index contributed by atoms with van der Waals surface area (Å²) in [4.78, 5) is 25.9. The van der Waals surface area contributed by atoms with Gasteiger partial charge in [-0.1, -0.05) is 36.9 Å². The molecule has 3 N–H and O–H groups in total. The summed E-state index contributed by atoms with van der Waals surface area (Å²) in [6.07, 6.45) is 5.55. The lowest BCUT2D eigenvalue weighted by Gasteiger charge is -2.20. The smallest absolute Gasteiger partial charge is 0.308 e. The summed E-state index contributed by atoms with van der Waals surface area (Å²) in [5.74, 6) is 0.756. The van der Waals surface area contributed by atoms with Crippen molar-refractivity contribution in [3.05, 3.63) is 46.7 Å². The summed E-state index contributed by atoms with van der Waals surface area (Å²) in [6, 6.07) is 8.63. The van der Waals surface area contributed by atoms with E-state index in [0.29, 0.717) is 22.6 Å². The Balaban J connectivity index is 1.75. The number of aliphatic imine (C=N–C) groups is 1. The number of halogens is 1. The third-order valence-corrected chi connectivity index (χ3v) is 4.65. The normalized spacial score (nSPS) is 15.2. The molecule has 1 aliphatic carbocycles. The van der Waals surface area contributed by atoms with Crippen LogP contribution in [0.15, 0.2) is 35.3 Å². The maximum Gasteiger partial charge on any atom is 0.326 e. The molecule has 1 aliphatic rings. The van der Waals surface area contributed by atoms with Gasteiger partial charge in [0.1, 0.15) is 0 Å². The van der Waals surface area contributed by atoms with Crippen LogP contribution in [0.5, 0.6) is 0 Å². The number of benzene rings is 1. The minimum Gasteiger partial charge on any atom is -0.308 e. The van der Waals surface area contributed by atoms with Crippen molar-refractivity contribution in [2.24, 2.45) is 4.99 Å². The quantitative estimate of drug-likeness (QED) is 0.515. The fourth-order valence-electron chi connectivity index (χ4n) is 3.21. The molecule has 7 nitrogen and oxygen atoms in total. The third kappa shape index (κ3) is 6.20. The van der Waals surface area contributed by atoms with Gasteiger partial charge in [0, 0.05) is 22.1 Å². The zero-order valence-electron chi connectivity index (χ0n) is 16.1. The Morgan fingerprint density at radius 2 is 1.79 bits per heavy atom. The minimum atomic E-state index is -0.409. The van der Waals surface area contributed by atoms with Gasteiger partial charge in [-0.2, -0.15) is 0 Å². The maximum absolute atomic E-state index is 12.5. The standard InChI is InChI=1S/C20H25ClN6O/c1-13-11-14(2)23-18(22-13)26-19(24-16-8-4-3-5-9-16)27-20(28)25-17-10-6-7-15(21)12-17/h6-7,10-12,16H,3-5,8-9H2,1-2H3,(H3,22,23,24,25,26,27,28). The number of guanidine groups is 1. The highest BCUT2D eigenvalue weighted by molar-refractivity contribution is 6.30. The van der Waals surface area contributed by atoms with Crippen molar-refractivity contribution in [3.63, 3.8) is 0 Å². The van der Waals surface area contributed by atoms with Crippen LogP contribution in [0.2, 0.25) is 5.02 Å². The van der Waals surface area contributed by atoms with Crippen LogP contribution >= 0.6 is 11.6 Å². The second-order valence-electron chi connectivity index (χ2n) is 6.96. The molecule has 3 rings (SSSR count). The van der Waals surface area contributed by atoms with Crippen molar-refractivity contribution in [2.75, 3.05) is 10.6 Å². The molecule has 1 heterocycles. The van der Waals surface area contributed by atoms with E-state index >= 15 is 0 Å². The highest BCUT2D eigenvalue weighted by Gasteiger charge is 2.16. The Morgan fingerprint density at radius 3 is 2.46 bits per heavy atom. The molecule has 0 unspecified atom stereocenters. The number of aromatic nitrogens is 2. The van der Waals surface area contributed by atoms with Gasteiger partial charge in [0.2, 0.25) is 11.9 Å². The van der Waals surface area contributed by atoms with E-state index in [-0.39, 0.29) is 6.04 Å². The van der Waals surface area contributed by atoms with Gasteiger partial charge in [0.05, 0.1) is 6.04 Å². The van der Waals surface area contributed by atoms with Gasteiger partial charge in [-0.15, -0.1) is 0 Å². The number of hydrogen-bond donors (Lipinski definition) is 3. The first kappa shape index (κ1) is 20.1. The van der Waals surface area contributed by atoms with Crippen LogP contribution in [0.3, 0.4) is 0 Å². The van der Waals surface area contributed by atoms with Gasteiger partial charge in [-0.25, -0.2) is 19.8 Å². The van der Waals surface area contributed by atoms with Gasteiger partial charge in [-0.05, 0) is 51.0 Å². The Labute approximate surface area is 170 Å². The van der Waals surface area contributed by atoms with E-state index in [1.807, 2.05) is 19.9 Å². The summed E-state index contributed by atoms with van der Waals surface area (Å²) in [7, 11) is 0. The predicted molar refractivity (Wildman–Crippen MR) is 113 cm³/mol. The van der Waals surface area contributed by atoms with E-state index in [1.165, 1.54) is 6.42 Å². The SMILES string of the molecule is Cc1cc(C)nc(NC(=NC2CCCCC2)NC(=O)Nc2cccc(Cl)c2)n1. The molecule has 0 bridgehead atoms. The predicted octanol–water partition coefficient (Wildman–Crippen LogP) is 4.67. The fourth-order valence-corrected chi connectivity index (χ4v) is 3.40. The van der Waals surface area contributed by atoms with E-state index < -0.39 is 6.03 Å². The van der Waals surface area contributed by atoms with Crippen LogP contribution in [-0.4, -0.2) is 28.0 Å². The van der Waals surface area contributed by atoms with Crippen molar-refractivity contribution < 1.29 is 4.79 Å². The maximum atomic E-state index is 12.5. The third-order valence-electron chi connectivity index (χ3n) is 4.41. The molecule has 1 aromatic carbocycles. The van der Waals surface area contributed by atoms with Crippen molar-refractivity contribution >= 4 is 35.2 Å². The molecule has 0 saturated heterocycles. The topological polar surface area (TPSA) is 91.3 Å². The first-order valence-corrected chi connectivity index (χ1v) is 9.86. The van der Waals surface area contributed by atoms with Crippen LogP contribution in [-0.2, 0) is 0 Å². The molecule has 8 heteroatoms. The van der Waals surface area contributed by atoms with Crippen molar-refractivity contribution in [1.82, 2.24) is 15.3 Å². The Hall–Kier alpha value is -2.67. The first-order valence-electron chi connectivity index (χ1n) is 9.48. The molecule has 1 aromatic heterocycles. The number of carbonyl (C=O) groups excluding carboxylic acids is 1. The average molecular weight is 401 g/mol. The molecule has 0 spiro atoms. The number of rotatable bonds is 3. The minimum absolute atomic E-state index is 0.175. The molecule has 0 atom stereocenters. The fraction of sp³-hybridized carbons (Fsp3) is 0.400. The number of amides is 2. The molecule has 1 fully saturated rings. The lowest BCUT2D eigenvalue weighted by atomic mass is 9.96. The number of urea groups is 1. The number of hydrogen-bond acceptors (Lipinski definition) is 4. The highest BCUT2D eigenvalue weighted by Crippen LogP contribution is 2.20. The van der Waals surface area contributed by atoms with Gasteiger partial charge < -0.3 is 5.32 Å². The molecule has 2 aromatic rings. The van der Waals surface area contributed by atoms with Crippen LogP contribution in [0, 0.1) is 13.8 Å². The van der Waals surface area contributed by atoms with E-state index in [1.54, 1.807) is 24.3 Å². The molecule has 28 heavy (non-hydrogen) atoms. The summed E-state index contributed by atoms with van der Waals surface area (Å²) >= 11 is 5.98. The van der Waals surface area contributed by atoms with E-state index in [9.17, 15) is 4.79 Å². The molecule has 2 amide bonds. The number of nitrogens with one attached hydrogen (secondary N) is 3. The molecule has 148 valence electrons. The summed E-state index contributed by atoms with van der Waals surface area (Å²) in [5.41, 5.74) is 2.29. The largest absolute Gasteiger partial charge is 0.326 e. The van der Waals surface area contributed by atoms with Gasteiger partial charge in [0.25, 0.3) is 0 Å². The average Bonchev–Trinajstić information content (AvgIpc) is 2.61. The van der Waals surface area contributed by atoms with E-state index in [0.717, 1.165) is 37.1 Å². The molecular weight excluding hydrogens is 376 g/mol. The molecular formula is C20H25ClN6O.